The normalized spacial score (nSPS) is 13.0. The lowest BCUT2D eigenvalue weighted by molar-refractivity contribution is 0.415. The molecule has 4 aromatic rings. The molecule has 5 nitrogen and oxygen atoms in total. The molecule has 3 heterocycles. The Balaban J connectivity index is 1.75. The third-order valence-electron chi connectivity index (χ3n) is 5.19. The van der Waals surface area contributed by atoms with Gasteiger partial charge in [-0.2, -0.15) is 0 Å². The van der Waals surface area contributed by atoms with E-state index in [-0.39, 0.29) is 0 Å². The van der Waals surface area contributed by atoms with Crippen LogP contribution < -0.4 is 9.64 Å². The zero-order valence-corrected chi connectivity index (χ0v) is 15.9. The fourth-order valence-electron chi connectivity index (χ4n) is 3.80. The molecule has 0 aliphatic carbocycles. The second kappa shape index (κ2) is 6.60. The fourth-order valence-corrected chi connectivity index (χ4v) is 3.80. The van der Waals surface area contributed by atoms with E-state index in [0.717, 1.165) is 41.0 Å². The molecule has 138 valence electrons. The number of fused-ring (bicyclic) bond motifs is 2. The van der Waals surface area contributed by atoms with Gasteiger partial charge in [0, 0.05) is 35.6 Å². The second-order valence-corrected chi connectivity index (χ2v) is 7.03. The maximum absolute atomic E-state index is 5.46. The van der Waals surface area contributed by atoms with Crippen molar-refractivity contribution in [1.82, 2.24) is 15.0 Å². The highest BCUT2D eigenvalue weighted by molar-refractivity contribution is 5.94. The first-order valence-corrected chi connectivity index (χ1v) is 9.36. The van der Waals surface area contributed by atoms with Gasteiger partial charge in [0.15, 0.2) is 5.82 Å². The number of hydrogen-bond donors (Lipinski definition) is 0. The van der Waals surface area contributed by atoms with Crippen LogP contribution in [0.4, 0.5) is 11.5 Å². The lowest BCUT2D eigenvalue weighted by Crippen LogP contribution is -2.16. The van der Waals surface area contributed by atoms with Gasteiger partial charge in [0.2, 0.25) is 0 Å². The zero-order chi connectivity index (χ0) is 19.1. The third-order valence-corrected chi connectivity index (χ3v) is 5.19. The maximum atomic E-state index is 5.46. The van der Waals surface area contributed by atoms with Gasteiger partial charge in [-0.15, -0.1) is 0 Å². The van der Waals surface area contributed by atoms with Crippen LogP contribution in [0.1, 0.15) is 11.1 Å². The number of hydrogen-bond acceptors (Lipinski definition) is 5. The Kier molecular flexibility index (Phi) is 3.93. The number of rotatable bonds is 3. The smallest absolute Gasteiger partial charge is 0.163 e. The summed E-state index contributed by atoms with van der Waals surface area (Å²) in [6, 6.07) is 16.5. The van der Waals surface area contributed by atoms with E-state index in [9.17, 15) is 0 Å². The van der Waals surface area contributed by atoms with Gasteiger partial charge in [0.25, 0.3) is 0 Å². The Morgan fingerprint density at radius 1 is 1.04 bits per heavy atom. The average Bonchev–Trinajstić information content (AvgIpc) is 3.16. The topological polar surface area (TPSA) is 51.1 Å². The first kappa shape index (κ1) is 16.7. The second-order valence-electron chi connectivity index (χ2n) is 7.03. The number of pyridine rings is 1. The molecule has 0 radical (unpaired) electrons. The van der Waals surface area contributed by atoms with Gasteiger partial charge in [0.1, 0.15) is 11.6 Å². The number of benzene rings is 2. The molecule has 0 atom stereocenters. The van der Waals surface area contributed by atoms with Gasteiger partial charge in [-0.25, -0.2) is 9.97 Å². The molecule has 0 bridgehead atoms. The van der Waals surface area contributed by atoms with Crippen molar-refractivity contribution in [2.45, 2.75) is 13.3 Å². The van der Waals surface area contributed by atoms with Gasteiger partial charge in [-0.1, -0.05) is 17.7 Å². The highest BCUT2D eigenvalue weighted by atomic mass is 16.5. The fraction of sp³-hybridized carbons (Fsp3) is 0.174. The van der Waals surface area contributed by atoms with E-state index in [4.69, 9.17) is 14.7 Å². The molecule has 0 saturated carbocycles. The third kappa shape index (κ3) is 2.76. The summed E-state index contributed by atoms with van der Waals surface area (Å²) in [7, 11) is 1.68. The number of aryl methyl sites for hydroxylation is 1. The molecule has 2 aromatic carbocycles. The van der Waals surface area contributed by atoms with Crippen LogP contribution in [0.15, 0.2) is 60.9 Å². The van der Waals surface area contributed by atoms with E-state index in [0.29, 0.717) is 5.82 Å². The van der Waals surface area contributed by atoms with E-state index in [1.54, 1.807) is 19.5 Å². The Morgan fingerprint density at radius 3 is 2.79 bits per heavy atom. The summed E-state index contributed by atoms with van der Waals surface area (Å²) in [5.74, 6) is 2.39. The van der Waals surface area contributed by atoms with Gasteiger partial charge in [-0.05, 0) is 55.3 Å². The summed E-state index contributed by atoms with van der Waals surface area (Å²) in [6.07, 6.45) is 4.57. The predicted octanol–water partition coefficient (Wildman–Crippen LogP) is 4.70. The number of methoxy groups -OCH3 is 1. The lowest BCUT2D eigenvalue weighted by Gasteiger charge is -2.21. The van der Waals surface area contributed by atoms with E-state index in [1.807, 2.05) is 30.3 Å². The van der Waals surface area contributed by atoms with Gasteiger partial charge in [-0.3, -0.25) is 4.98 Å². The zero-order valence-electron chi connectivity index (χ0n) is 15.9. The SMILES string of the molecule is COc1ccc2nc(-c3cccnc3)nc(N3CCc4cc(C)ccc43)c2c1. The highest BCUT2D eigenvalue weighted by Crippen LogP contribution is 2.39. The van der Waals surface area contributed by atoms with Gasteiger partial charge < -0.3 is 9.64 Å². The first-order chi connectivity index (χ1) is 13.7. The van der Waals surface area contributed by atoms with Crippen molar-refractivity contribution in [3.05, 3.63) is 72.1 Å². The maximum Gasteiger partial charge on any atom is 0.163 e. The lowest BCUT2D eigenvalue weighted by atomic mass is 10.1. The Morgan fingerprint density at radius 2 is 1.96 bits per heavy atom. The summed E-state index contributed by atoms with van der Waals surface area (Å²) < 4.78 is 5.46. The number of ether oxygens (including phenoxy) is 1. The summed E-state index contributed by atoms with van der Waals surface area (Å²) in [4.78, 5) is 16.3. The van der Waals surface area contributed by atoms with Crippen molar-refractivity contribution in [2.75, 3.05) is 18.6 Å². The molecule has 0 spiro atoms. The Labute approximate surface area is 163 Å². The highest BCUT2D eigenvalue weighted by Gasteiger charge is 2.24. The van der Waals surface area contributed by atoms with Crippen LogP contribution in [0.3, 0.4) is 0 Å². The first-order valence-electron chi connectivity index (χ1n) is 9.36. The summed E-state index contributed by atoms with van der Waals surface area (Å²) in [6.45, 7) is 3.03. The van der Waals surface area contributed by atoms with E-state index in [1.165, 1.54) is 16.8 Å². The van der Waals surface area contributed by atoms with Crippen molar-refractivity contribution in [3.63, 3.8) is 0 Å². The molecule has 5 rings (SSSR count). The molecular weight excluding hydrogens is 348 g/mol. The minimum atomic E-state index is 0.682. The van der Waals surface area contributed by atoms with E-state index < -0.39 is 0 Å². The molecule has 1 aliphatic heterocycles. The van der Waals surface area contributed by atoms with Crippen molar-refractivity contribution < 1.29 is 4.74 Å². The van der Waals surface area contributed by atoms with Crippen LogP contribution in [-0.2, 0) is 6.42 Å². The van der Waals surface area contributed by atoms with Crippen LogP contribution in [0, 0.1) is 6.92 Å². The minimum absolute atomic E-state index is 0.682. The molecule has 0 amide bonds. The van der Waals surface area contributed by atoms with Gasteiger partial charge in [0.05, 0.1) is 12.6 Å². The van der Waals surface area contributed by atoms with Crippen LogP contribution in [0.2, 0.25) is 0 Å². The Bertz CT molecular complexity index is 1170. The molecule has 0 saturated heterocycles. The molecule has 2 aromatic heterocycles. The monoisotopic (exact) mass is 368 g/mol. The largest absolute Gasteiger partial charge is 0.497 e. The summed E-state index contributed by atoms with van der Waals surface area (Å²) in [5, 5.41) is 0.986. The standard InChI is InChI=1S/C23H20N4O/c1-15-5-8-21-16(12-15)9-11-27(21)23-19-13-18(28-2)6-7-20(19)25-22(26-23)17-4-3-10-24-14-17/h3-8,10,12-14H,9,11H2,1-2H3. The van der Waals surface area contributed by atoms with Crippen LogP contribution in [0.25, 0.3) is 22.3 Å². The van der Waals surface area contributed by atoms with E-state index in [2.05, 4.69) is 35.0 Å². The van der Waals surface area contributed by atoms with Crippen molar-refractivity contribution >= 4 is 22.4 Å². The molecule has 0 unspecified atom stereocenters. The quantitative estimate of drug-likeness (QED) is 0.524. The average molecular weight is 368 g/mol. The van der Waals surface area contributed by atoms with Crippen LogP contribution in [0.5, 0.6) is 5.75 Å². The molecule has 1 aliphatic rings. The van der Waals surface area contributed by atoms with Crippen LogP contribution in [-0.4, -0.2) is 28.6 Å². The summed E-state index contributed by atoms with van der Waals surface area (Å²) in [5.41, 5.74) is 5.66. The van der Waals surface area contributed by atoms with Crippen molar-refractivity contribution in [1.29, 1.82) is 0 Å². The van der Waals surface area contributed by atoms with E-state index >= 15 is 0 Å². The molecule has 5 heteroatoms. The van der Waals surface area contributed by atoms with Crippen molar-refractivity contribution in [2.24, 2.45) is 0 Å². The molecule has 0 fully saturated rings. The predicted molar refractivity (Wildman–Crippen MR) is 111 cm³/mol. The summed E-state index contributed by atoms with van der Waals surface area (Å²) >= 11 is 0. The molecule has 0 N–H and O–H groups in total. The minimum Gasteiger partial charge on any atom is -0.497 e. The molecular formula is C23H20N4O. The number of nitrogens with zero attached hydrogens (tertiary/aromatic N) is 4. The van der Waals surface area contributed by atoms with Crippen LogP contribution >= 0.6 is 0 Å². The Hall–Kier alpha value is -3.47. The number of anilines is 2. The molecule has 28 heavy (non-hydrogen) atoms. The van der Waals surface area contributed by atoms with Gasteiger partial charge >= 0.3 is 0 Å². The van der Waals surface area contributed by atoms with Crippen molar-refractivity contribution in [3.8, 4) is 17.1 Å². The number of aromatic nitrogens is 3.